The predicted octanol–water partition coefficient (Wildman–Crippen LogP) is 2.59. The number of carbonyl (C=O) groups is 1. The van der Waals surface area contributed by atoms with Crippen molar-refractivity contribution in [1.29, 1.82) is 0 Å². The Morgan fingerprint density at radius 3 is 3.00 bits per heavy atom. The van der Waals surface area contributed by atoms with Crippen molar-refractivity contribution in [1.82, 2.24) is 5.32 Å². The lowest BCUT2D eigenvalue weighted by Crippen LogP contribution is -2.39. The second-order valence-corrected chi connectivity index (χ2v) is 6.47. The minimum Gasteiger partial charge on any atom is -0.385 e. The zero-order chi connectivity index (χ0) is 14.7. The maximum atomic E-state index is 12.5. The predicted molar refractivity (Wildman–Crippen MR) is 83.7 cm³/mol. The van der Waals surface area contributed by atoms with Gasteiger partial charge in [-0.1, -0.05) is 13.0 Å². The van der Waals surface area contributed by atoms with Crippen molar-refractivity contribution in [3.8, 4) is 0 Å². The van der Waals surface area contributed by atoms with E-state index in [9.17, 15) is 4.79 Å². The summed E-state index contributed by atoms with van der Waals surface area (Å²) in [5.74, 6) is 0.0586. The van der Waals surface area contributed by atoms with E-state index >= 15 is 0 Å². The van der Waals surface area contributed by atoms with Crippen LogP contribution in [0.4, 0.5) is 5.69 Å². The molecule has 1 aromatic carbocycles. The van der Waals surface area contributed by atoms with Crippen molar-refractivity contribution >= 4 is 11.6 Å². The summed E-state index contributed by atoms with van der Waals surface area (Å²) in [6.45, 7) is 5.56. The largest absolute Gasteiger partial charge is 0.385 e. The molecule has 4 nitrogen and oxygen atoms in total. The molecule has 0 unspecified atom stereocenters. The number of benzene rings is 1. The van der Waals surface area contributed by atoms with E-state index in [1.54, 1.807) is 0 Å². The molecule has 0 bridgehead atoms. The van der Waals surface area contributed by atoms with Gasteiger partial charge in [0.15, 0.2) is 0 Å². The zero-order valence-corrected chi connectivity index (χ0v) is 12.7. The van der Waals surface area contributed by atoms with Gasteiger partial charge in [-0.05, 0) is 48.8 Å². The van der Waals surface area contributed by atoms with Crippen LogP contribution in [0.1, 0.15) is 42.1 Å². The van der Waals surface area contributed by atoms with E-state index < -0.39 is 0 Å². The quantitative estimate of drug-likeness (QED) is 0.899. The number of anilines is 1. The zero-order valence-electron chi connectivity index (χ0n) is 12.7. The van der Waals surface area contributed by atoms with Crippen LogP contribution >= 0.6 is 0 Å². The number of rotatable bonds is 3. The Labute approximate surface area is 126 Å². The van der Waals surface area contributed by atoms with Gasteiger partial charge in [0.25, 0.3) is 5.91 Å². The Kier molecular flexibility index (Phi) is 4.15. The van der Waals surface area contributed by atoms with E-state index in [1.165, 1.54) is 5.56 Å². The van der Waals surface area contributed by atoms with Crippen LogP contribution in [0.15, 0.2) is 18.2 Å². The SMILES string of the molecule is CC1(CNC(=O)c2cccc3c2CCCN3)CCOCC1. The third kappa shape index (κ3) is 3.21. The number of amides is 1. The van der Waals surface area contributed by atoms with Gasteiger partial charge in [-0.25, -0.2) is 0 Å². The Bertz CT molecular complexity index is 522. The summed E-state index contributed by atoms with van der Waals surface area (Å²) in [4.78, 5) is 12.5. The van der Waals surface area contributed by atoms with Gasteiger partial charge in [-0.3, -0.25) is 4.79 Å². The average Bonchev–Trinajstić information content (AvgIpc) is 2.53. The Hall–Kier alpha value is -1.55. The number of hydrogen-bond donors (Lipinski definition) is 2. The van der Waals surface area contributed by atoms with Gasteiger partial charge in [-0.15, -0.1) is 0 Å². The van der Waals surface area contributed by atoms with Gasteiger partial charge >= 0.3 is 0 Å². The van der Waals surface area contributed by atoms with Gasteiger partial charge in [0.1, 0.15) is 0 Å². The molecule has 0 atom stereocenters. The van der Waals surface area contributed by atoms with Crippen LogP contribution in [0.25, 0.3) is 0 Å². The van der Waals surface area contributed by atoms with Gasteiger partial charge in [0, 0.05) is 37.6 Å². The molecule has 1 amide bonds. The molecule has 1 saturated heterocycles. The lowest BCUT2D eigenvalue weighted by atomic mass is 9.82. The topological polar surface area (TPSA) is 50.4 Å². The first-order valence-electron chi connectivity index (χ1n) is 7.90. The van der Waals surface area contributed by atoms with Crippen LogP contribution in [0.5, 0.6) is 0 Å². The Morgan fingerprint density at radius 2 is 2.19 bits per heavy atom. The number of hydrogen-bond acceptors (Lipinski definition) is 3. The van der Waals surface area contributed by atoms with Gasteiger partial charge in [0.2, 0.25) is 0 Å². The number of fused-ring (bicyclic) bond motifs is 1. The molecule has 1 fully saturated rings. The summed E-state index contributed by atoms with van der Waals surface area (Å²) in [7, 11) is 0. The molecule has 3 rings (SSSR count). The molecular formula is C17H24N2O2. The first-order chi connectivity index (χ1) is 10.2. The molecule has 114 valence electrons. The molecular weight excluding hydrogens is 264 g/mol. The molecule has 2 N–H and O–H groups in total. The van der Waals surface area contributed by atoms with Crippen LogP contribution < -0.4 is 10.6 Å². The minimum atomic E-state index is 0.0586. The highest BCUT2D eigenvalue weighted by Gasteiger charge is 2.28. The fourth-order valence-corrected chi connectivity index (χ4v) is 3.15. The lowest BCUT2D eigenvalue weighted by molar-refractivity contribution is 0.0238. The third-order valence-electron chi connectivity index (χ3n) is 4.72. The molecule has 21 heavy (non-hydrogen) atoms. The summed E-state index contributed by atoms with van der Waals surface area (Å²) in [6, 6.07) is 5.96. The standard InChI is InChI=1S/C17H24N2O2/c1-17(7-10-21-11-8-17)12-19-16(20)14-4-2-6-15-13(14)5-3-9-18-15/h2,4,6,18H,3,5,7-12H2,1H3,(H,19,20). The van der Waals surface area contributed by atoms with Crippen LogP contribution in [0.2, 0.25) is 0 Å². The van der Waals surface area contributed by atoms with Crippen molar-refractivity contribution in [3.05, 3.63) is 29.3 Å². The summed E-state index contributed by atoms with van der Waals surface area (Å²) in [5, 5.41) is 6.51. The van der Waals surface area contributed by atoms with Crippen molar-refractivity contribution in [3.63, 3.8) is 0 Å². The first-order valence-corrected chi connectivity index (χ1v) is 7.90. The second kappa shape index (κ2) is 6.06. The molecule has 1 aromatic rings. The van der Waals surface area contributed by atoms with E-state index in [2.05, 4.69) is 23.6 Å². The second-order valence-electron chi connectivity index (χ2n) is 6.47. The smallest absolute Gasteiger partial charge is 0.251 e. The molecule has 0 aromatic heterocycles. The van der Waals surface area contributed by atoms with Crippen LogP contribution in [0.3, 0.4) is 0 Å². The van der Waals surface area contributed by atoms with Crippen molar-refractivity contribution < 1.29 is 9.53 Å². The van der Waals surface area contributed by atoms with E-state index in [4.69, 9.17) is 4.74 Å². The van der Waals surface area contributed by atoms with Gasteiger partial charge < -0.3 is 15.4 Å². The molecule has 2 heterocycles. The van der Waals surface area contributed by atoms with Gasteiger partial charge in [-0.2, -0.15) is 0 Å². The number of carbonyl (C=O) groups excluding carboxylic acids is 1. The average molecular weight is 288 g/mol. The fraction of sp³-hybridized carbons (Fsp3) is 0.588. The normalized spacial score (nSPS) is 20.2. The molecule has 4 heteroatoms. The highest BCUT2D eigenvalue weighted by atomic mass is 16.5. The Balaban J connectivity index is 1.68. The van der Waals surface area contributed by atoms with Gasteiger partial charge in [0.05, 0.1) is 0 Å². The number of nitrogens with one attached hydrogen (secondary N) is 2. The molecule has 2 aliphatic heterocycles. The summed E-state index contributed by atoms with van der Waals surface area (Å²) >= 11 is 0. The minimum absolute atomic E-state index is 0.0586. The Morgan fingerprint density at radius 1 is 1.38 bits per heavy atom. The summed E-state index contributed by atoms with van der Waals surface area (Å²) < 4.78 is 5.41. The van der Waals surface area contributed by atoms with E-state index in [1.807, 2.05) is 12.1 Å². The van der Waals surface area contributed by atoms with E-state index in [0.717, 1.165) is 63.2 Å². The summed E-state index contributed by atoms with van der Waals surface area (Å²) in [6.07, 6.45) is 4.10. The monoisotopic (exact) mass is 288 g/mol. The summed E-state index contributed by atoms with van der Waals surface area (Å²) in [5.41, 5.74) is 3.28. The highest BCUT2D eigenvalue weighted by molar-refractivity contribution is 5.97. The first kappa shape index (κ1) is 14.4. The lowest BCUT2D eigenvalue weighted by Gasteiger charge is -2.33. The van der Waals surface area contributed by atoms with Crippen molar-refractivity contribution in [2.45, 2.75) is 32.6 Å². The van der Waals surface area contributed by atoms with Crippen molar-refractivity contribution in [2.75, 3.05) is 31.6 Å². The van der Waals surface area contributed by atoms with Crippen LogP contribution in [-0.4, -0.2) is 32.2 Å². The van der Waals surface area contributed by atoms with Crippen LogP contribution in [-0.2, 0) is 11.2 Å². The number of ether oxygens (including phenoxy) is 1. The fourth-order valence-electron chi connectivity index (χ4n) is 3.15. The van der Waals surface area contributed by atoms with E-state index in [-0.39, 0.29) is 11.3 Å². The molecule has 0 radical (unpaired) electrons. The van der Waals surface area contributed by atoms with E-state index in [0.29, 0.717) is 0 Å². The molecule has 0 saturated carbocycles. The maximum absolute atomic E-state index is 12.5. The highest BCUT2D eigenvalue weighted by Crippen LogP contribution is 2.29. The third-order valence-corrected chi connectivity index (χ3v) is 4.72. The maximum Gasteiger partial charge on any atom is 0.251 e. The molecule has 0 spiro atoms. The molecule has 2 aliphatic rings. The van der Waals surface area contributed by atoms with Crippen molar-refractivity contribution in [2.24, 2.45) is 5.41 Å². The molecule has 0 aliphatic carbocycles. The van der Waals surface area contributed by atoms with Crippen LogP contribution in [0, 0.1) is 5.41 Å².